The third kappa shape index (κ3) is 7.05. The average molecular weight is 468 g/mol. The van der Waals surface area contributed by atoms with Crippen LogP contribution < -0.4 is 14.3 Å². The Morgan fingerprint density at radius 3 is 1.49 bits per heavy atom. The number of aliphatic carboxylic acids is 1. The molecule has 0 N–H and O–H groups in total. The molecule has 4 rings (SSSR count). The van der Waals surface area contributed by atoms with Crippen LogP contribution in [-0.2, 0) is 11.3 Å². The van der Waals surface area contributed by atoms with E-state index >= 15 is 0 Å². The van der Waals surface area contributed by atoms with Crippen LogP contribution in [0.5, 0.6) is 5.75 Å². The fourth-order valence-electron chi connectivity index (χ4n) is 4.07. The summed E-state index contributed by atoms with van der Waals surface area (Å²) in [7, 11) is 0. The van der Waals surface area contributed by atoms with Gasteiger partial charge < -0.3 is 14.6 Å². The third-order valence-corrected chi connectivity index (χ3v) is 5.70. The lowest BCUT2D eigenvalue weighted by atomic mass is 10.1. The van der Waals surface area contributed by atoms with Gasteiger partial charge in [0.05, 0.1) is 6.61 Å². The number of nitrogens with zero attached hydrogens (tertiary/aromatic N) is 1. The van der Waals surface area contributed by atoms with Crippen molar-refractivity contribution in [3.05, 3.63) is 121 Å². The fraction of sp³-hybridized carbons (Fsp3) is 0.194. The van der Waals surface area contributed by atoms with E-state index in [1.54, 1.807) is 0 Å². The topological polar surface area (TPSA) is 49.4 Å². The predicted molar refractivity (Wildman–Crippen MR) is 142 cm³/mol. The van der Waals surface area contributed by atoms with Crippen molar-refractivity contribution in [1.82, 2.24) is 4.48 Å². The van der Waals surface area contributed by atoms with Gasteiger partial charge in [-0.3, -0.25) is 0 Å². The smallest absolute Gasteiger partial charge is 0.143 e. The average Bonchev–Trinajstić information content (AvgIpc) is 2.89. The first-order valence-corrected chi connectivity index (χ1v) is 12.0. The fourth-order valence-corrected chi connectivity index (χ4v) is 4.07. The molecule has 180 valence electrons. The Morgan fingerprint density at radius 2 is 1.11 bits per heavy atom. The minimum atomic E-state index is -1.08. The molecule has 4 heteroatoms. The molecule has 0 heterocycles. The molecule has 4 aromatic carbocycles. The number of carbonyl (C=O) groups excluding carboxylic acids is 1. The molecule has 0 saturated carbocycles. The predicted octanol–water partition coefficient (Wildman–Crippen LogP) is 6.79. The minimum Gasteiger partial charge on any atom is -0.550 e. The van der Waals surface area contributed by atoms with Crippen LogP contribution in [0.25, 0.3) is 0 Å². The lowest BCUT2D eigenvalue weighted by Crippen LogP contribution is -2.38. The Hall–Kier alpha value is -3.89. The van der Waals surface area contributed by atoms with Crippen LogP contribution in [0.3, 0.4) is 0 Å². The summed E-state index contributed by atoms with van der Waals surface area (Å²) in [6, 6.07) is 40.9. The minimum absolute atomic E-state index is 0.624. The van der Waals surface area contributed by atoms with Gasteiger partial charge >= 0.3 is 0 Å². The molecule has 35 heavy (non-hydrogen) atoms. The number of benzene rings is 4. The van der Waals surface area contributed by atoms with Crippen molar-refractivity contribution in [3.8, 4) is 5.75 Å². The van der Waals surface area contributed by atoms with E-state index < -0.39 is 5.97 Å². The maximum Gasteiger partial charge on any atom is 0.143 e. The van der Waals surface area contributed by atoms with E-state index in [0.717, 1.165) is 38.7 Å². The summed E-state index contributed by atoms with van der Waals surface area (Å²) in [5, 5.41) is 8.89. The second-order valence-electron chi connectivity index (χ2n) is 8.31. The van der Waals surface area contributed by atoms with Crippen molar-refractivity contribution in [2.45, 2.75) is 33.2 Å². The Bertz CT molecular complexity index is 1040. The van der Waals surface area contributed by atoms with Crippen molar-refractivity contribution in [2.24, 2.45) is 0 Å². The molecule has 0 aliphatic rings. The molecule has 0 atom stereocenters. The molecule has 0 unspecified atom stereocenters. The summed E-state index contributed by atoms with van der Waals surface area (Å²) >= 11 is 0. The second kappa shape index (κ2) is 13.1. The molecule has 0 saturated heterocycles. The summed E-state index contributed by atoms with van der Waals surface area (Å²) in [4.78, 5) is 8.89. The van der Waals surface area contributed by atoms with Crippen molar-refractivity contribution in [3.63, 3.8) is 0 Å². The molecule has 0 radical (unpaired) electrons. The van der Waals surface area contributed by atoms with Gasteiger partial charge in [-0.15, -0.1) is 0 Å². The highest BCUT2D eigenvalue weighted by Gasteiger charge is 2.36. The first-order chi connectivity index (χ1) is 17.1. The van der Waals surface area contributed by atoms with Gasteiger partial charge in [-0.25, -0.2) is 4.48 Å². The summed E-state index contributed by atoms with van der Waals surface area (Å²) in [6.45, 7) is 4.74. The normalized spacial score (nSPS) is 10.7. The molecule has 0 amide bonds. The van der Waals surface area contributed by atoms with E-state index in [9.17, 15) is 0 Å². The summed E-state index contributed by atoms with van der Waals surface area (Å²) in [6.07, 6.45) is 2.22. The number of unbranched alkanes of at least 4 members (excludes halogenated alkanes) is 1. The quantitative estimate of drug-likeness (QED) is 0.201. The van der Waals surface area contributed by atoms with E-state index in [0.29, 0.717) is 4.48 Å². The van der Waals surface area contributed by atoms with E-state index in [-0.39, 0.29) is 0 Å². The molecule has 4 nitrogen and oxygen atoms in total. The van der Waals surface area contributed by atoms with Gasteiger partial charge in [0, 0.05) is 11.5 Å². The van der Waals surface area contributed by atoms with Crippen LogP contribution in [0.1, 0.15) is 32.3 Å². The van der Waals surface area contributed by atoms with Crippen LogP contribution in [0.2, 0.25) is 0 Å². The number of quaternary nitrogens is 1. The molecular weight excluding hydrogens is 434 g/mol. The van der Waals surface area contributed by atoms with Crippen molar-refractivity contribution >= 4 is 23.0 Å². The van der Waals surface area contributed by atoms with Crippen LogP contribution in [0, 0.1) is 0 Å². The molecule has 0 fully saturated rings. The summed E-state index contributed by atoms with van der Waals surface area (Å²) in [5.74, 6) is -0.144. The number of hydrogen-bond donors (Lipinski definition) is 0. The molecule has 0 aromatic heterocycles. The maximum absolute atomic E-state index is 8.89. The second-order valence-corrected chi connectivity index (χ2v) is 8.31. The Balaban J connectivity index is 0.000000795. The Labute approximate surface area is 208 Å². The van der Waals surface area contributed by atoms with Crippen LogP contribution in [0.15, 0.2) is 115 Å². The van der Waals surface area contributed by atoms with E-state index in [4.69, 9.17) is 14.6 Å². The molecular formula is C31H33NO3. The summed E-state index contributed by atoms with van der Waals surface area (Å²) in [5.41, 5.74) is 4.98. The Morgan fingerprint density at radius 1 is 0.714 bits per heavy atom. The number of hydrogen-bond acceptors (Lipinski definition) is 3. The van der Waals surface area contributed by atoms with Crippen molar-refractivity contribution < 1.29 is 14.6 Å². The number of rotatable bonds is 9. The van der Waals surface area contributed by atoms with Gasteiger partial charge in [0.1, 0.15) is 29.4 Å². The van der Waals surface area contributed by atoms with Crippen LogP contribution >= 0.6 is 0 Å². The lowest BCUT2D eigenvalue weighted by molar-refractivity contribution is -0.302. The first-order valence-electron chi connectivity index (χ1n) is 12.0. The monoisotopic (exact) mass is 467 g/mol. The van der Waals surface area contributed by atoms with Gasteiger partial charge in [-0.2, -0.15) is 0 Å². The number of carboxylic acids is 1. The van der Waals surface area contributed by atoms with Crippen molar-refractivity contribution in [1.29, 1.82) is 0 Å². The Kier molecular flexibility index (Phi) is 9.64. The zero-order valence-corrected chi connectivity index (χ0v) is 20.5. The van der Waals surface area contributed by atoms with Gasteiger partial charge in [0.2, 0.25) is 0 Å². The molecule has 0 aliphatic carbocycles. The molecule has 0 spiro atoms. The van der Waals surface area contributed by atoms with E-state index in [1.807, 2.05) is 0 Å². The number of carboxylic acid groups (broad SMARTS) is 1. The first kappa shape index (κ1) is 25.7. The number of carbonyl (C=O) groups is 1. The van der Waals surface area contributed by atoms with E-state index in [2.05, 4.69) is 122 Å². The number of ether oxygens (including phenoxy) is 1. The highest BCUT2D eigenvalue weighted by molar-refractivity contribution is 5.71. The third-order valence-electron chi connectivity index (χ3n) is 5.70. The number of para-hydroxylation sites is 3. The largest absolute Gasteiger partial charge is 0.550 e. The maximum atomic E-state index is 8.89. The molecule has 4 aromatic rings. The molecule has 0 aliphatic heterocycles. The highest BCUT2D eigenvalue weighted by Crippen LogP contribution is 2.45. The zero-order chi connectivity index (χ0) is 24.9. The zero-order valence-electron chi connectivity index (χ0n) is 20.5. The summed E-state index contributed by atoms with van der Waals surface area (Å²) < 4.78 is 6.50. The van der Waals surface area contributed by atoms with Gasteiger partial charge in [0.15, 0.2) is 0 Å². The molecule has 0 bridgehead atoms. The van der Waals surface area contributed by atoms with Gasteiger partial charge in [0.25, 0.3) is 0 Å². The van der Waals surface area contributed by atoms with Crippen LogP contribution in [0.4, 0.5) is 17.1 Å². The van der Waals surface area contributed by atoms with Crippen molar-refractivity contribution in [2.75, 3.05) is 6.61 Å². The van der Waals surface area contributed by atoms with Crippen LogP contribution in [-0.4, -0.2) is 12.6 Å². The highest BCUT2D eigenvalue weighted by atomic mass is 16.5. The van der Waals surface area contributed by atoms with E-state index in [1.165, 1.54) is 22.6 Å². The SMILES string of the molecule is CC(=O)[O-].CCCCOc1ccc(C[N+](c2ccccc2)(c2ccccc2)c2ccccc2)cc1. The standard InChI is InChI=1S/C29H30NO.C2H4O2/c1-2-3-23-31-29-21-19-25(20-22-29)24-30(26-13-7-4-8-14-26,27-15-9-5-10-16-27)28-17-11-6-12-18-28;1-2(3)4/h4-22H,2-3,23-24H2,1H3;1H3,(H,3,4)/q+1;/p-1. The van der Waals surface area contributed by atoms with Gasteiger partial charge in [-0.1, -0.05) is 67.9 Å². The van der Waals surface area contributed by atoms with Gasteiger partial charge in [-0.05, 0) is 74.0 Å². The lowest BCUT2D eigenvalue weighted by Gasteiger charge is -2.37.